The summed E-state index contributed by atoms with van der Waals surface area (Å²) in [6.45, 7) is 1.99. The van der Waals surface area contributed by atoms with E-state index in [0.29, 0.717) is 13.2 Å². The molecule has 0 unspecified atom stereocenters. The molecule has 4 nitrogen and oxygen atoms in total. The van der Waals surface area contributed by atoms with Crippen molar-refractivity contribution >= 4 is 11.0 Å². The van der Waals surface area contributed by atoms with Crippen LogP contribution in [0.1, 0.15) is 5.76 Å². The molecular weight excluding hydrogens is 278 g/mol. The van der Waals surface area contributed by atoms with Crippen LogP contribution < -0.4 is 14.8 Å². The molecule has 3 aromatic rings. The fourth-order valence-electron chi connectivity index (χ4n) is 2.31. The van der Waals surface area contributed by atoms with Crippen molar-refractivity contribution in [1.29, 1.82) is 0 Å². The van der Waals surface area contributed by atoms with Gasteiger partial charge in [0.2, 0.25) is 0 Å². The third-order valence-electron chi connectivity index (χ3n) is 3.38. The first kappa shape index (κ1) is 14.5. The predicted octanol–water partition coefficient (Wildman–Crippen LogP) is 3.61. The Balaban J connectivity index is 1.45. The Labute approximate surface area is 129 Å². The van der Waals surface area contributed by atoms with Gasteiger partial charge in [-0.2, -0.15) is 0 Å². The van der Waals surface area contributed by atoms with E-state index in [1.807, 2.05) is 48.5 Å². The fraction of sp³-hybridized carbons (Fsp3) is 0.222. The topological polar surface area (TPSA) is 43.6 Å². The molecule has 114 valence electrons. The van der Waals surface area contributed by atoms with Crippen molar-refractivity contribution in [3.05, 3.63) is 60.4 Å². The van der Waals surface area contributed by atoms with Crippen LogP contribution in [0.2, 0.25) is 0 Å². The number of benzene rings is 2. The Bertz CT molecular complexity index is 703. The largest absolute Gasteiger partial charge is 0.493 e. The van der Waals surface area contributed by atoms with Crippen LogP contribution in [0, 0.1) is 0 Å². The number of ether oxygens (including phenoxy) is 2. The molecule has 0 saturated carbocycles. The molecule has 0 saturated heterocycles. The maximum atomic E-state index is 5.75. The summed E-state index contributed by atoms with van der Waals surface area (Å²) in [6, 6.07) is 17.7. The van der Waals surface area contributed by atoms with E-state index in [0.717, 1.165) is 34.8 Å². The third-order valence-corrected chi connectivity index (χ3v) is 3.38. The minimum atomic E-state index is 0.570. The molecule has 0 fully saturated rings. The molecule has 1 heterocycles. The van der Waals surface area contributed by atoms with E-state index in [9.17, 15) is 0 Å². The van der Waals surface area contributed by atoms with Crippen molar-refractivity contribution in [3.63, 3.8) is 0 Å². The smallest absolute Gasteiger partial charge is 0.161 e. The second kappa shape index (κ2) is 7.00. The number of rotatable bonds is 7. The van der Waals surface area contributed by atoms with Crippen molar-refractivity contribution in [1.82, 2.24) is 5.32 Å². The summed E-state index contributed by atoms with van der Waals surface area (Å²) in [7, 11) is 1.64. The highest BCUT2D eigenvalue weighted by Gasteiger charge is 2.03. The van der Waals surface area contributed by atoms with Crippen molar-refractivity contribution < 1.29 is 13.9 Å². The Hall–Kier alpha value is -2.46. The second-order valence-electron chi connectivity index (χ2n) is 4.93. The van der Waals surface area contributed by atoms with E-state index in [1.165, 1.54) is 0 Å². The number of nitrogens with one attached hydrogen (secondary N) is 1. The lowest BCUT2D eigenvalue weighted by Crippen LogP contribution is -2.20. The zero-order valence-corrected chi connectivity index (χ0v) is 12.5. The van der Waals surface area contributed by atoms with Gasteiger partial charge >= 0.3 is 0 Å². The van der Waals surface area contributed by atoms with Crippen molar-refractivity contribution in [2.24, 2.45) is 0 Å². The summed E-state index contributed by atoms with van der Waals surface area (Å²) in [4.78, 5) is 0. The van der Waals surface area contributed by atoms with Gasteiger partial charge in [0.05, 0.1) is 13.7 Å². The lowest BCUT2D eigenvalue weighted by atomic mass is 10.2. The standard InChI is InChI=1S/C18H19NO3/c1-20-17-8-4-5-9-18(17)21-11-10-19-13-15-12-14-6-2-3-7-16(14)22-15/h2-9,12,19H,10-11,13H2,1H3. The molecule has 0 aliphatic heterocycles. The number of para-hydroxylation sites is 3. The summed E-state index contributed by atoms with van der Waals surface area (Å²) in [5.41, 5.74) is 0.921. The summed E-state index contributed by atoms with van der Waals surface area (Å²) in [5.74, 6) is 2.44. The van der Waals surface area contributed by atoms with Crippen LogP contribution in [0.5, 0.6) is 11.5 Å². The molecule has 0 radical (unpaired) electrons. The SMILES string of the molecule is COc1ccccc1OCCNCc1cc2ccccc2o1. The molecule has 1 aromatic heterocycles. The van der Waals surface area contributed by atoms with Crippen molar-refractivity contribution in [3.8, 4) is 11.5 Å². The monoisotopic (exact) mass is 297 g/mol. The van der Waals surface area contributed by atoms with E-state index < -0.39 is 0 Å². The van der Waals surface area contributed by atoms with Crippen LogP contribution in [0.3, 0.4) is 0 Å². The van der Waals surface area contributed by atoms with Crippen molar-refractivity contribution in [2.75, 3.05) is 20.3 Å². The molecule has 0 aliphatic rings. The zero-order valence-electron chi connectivity index (χ0n) is 12.5. The normalized spacial score (nSPS) is 10.8. The van der Waals surface area contributed by atoms with Gasteiger partial charge in [-0.3, -0.25) is 0 Å². The minimum absolute atomic E-state index is 0.570. The number of furan rings is 1. The van der Waals surface area contributed by atoms with Crippen molar-refractivity contribution in [2.45, 2.75) is 6.54 Å². The van der Waals surface area contributed by atoms with Gasteiger partial charge in [-0.1, -0.05) is 30.3 Å². The quantitative estimate of drug-likeness (QED) is 0.677. The number of hydrogen-bond acceptors (Lipinski definition) is 4. The Morgan fingerprint density at radius 2 is 1.77 bits per heavy atom. The highest BCUT2D eigenvalue weighted by Crippen LogP contribution is 2.25. The first-order valence-electron chi connectivity index (χ1n) is 7.31. The highest BCUT2D eigenvalue weighted by molar-refractivity contribution is 5.77. The van der Waals surface area contributed by atoms with Gasteiger partial charge in [0.15, 0.2) is 11.5 Å². The van der Waals surface area contributed by atoms with Gasteiger partial charge in [0, 0.05) is 11.9 Å². The summed E-state index contributed by atoms with van der Waals surface area (Å²) >= 11 is 0. The van der Waals surface area contributed by atoms with Crippen LogP contribution in [0.15, 0.2) is 59.0 Å². The van der Waals surface area contributed by atoms with Crippen LogP contribution in [0.4, 0.5) is 0 Å². The van der Waals surface area contributed by atoms with Crippen LogP contribution in [-0.2, 0) is 6.54 Å². The molecule has 0 bridgehead atoms. The van der Waals surface area contributed by atoms with Gasteiger partial charge in [-0.25, -0.2) is 0 Å². The Morgan fingerprint density at radius 1 is 1.00 bits per heavy atom. The maximum absolute atomic E-state index is 5.75. The molecule has 22 heavy (non-hydrogen) atoms. The molecule has 2 aromatic carbocycles. The van der Waals surface area contributed by atoms with Crippen LogP contribution >= 0.6 is 0 Å². The van der Waals surface area contributed by atoms with E-state index in [4.69, 9.17) is 13.9 Å². The van der Waals surface area contributed by atoms with E-state index in [2.05, 4.69) is 11.4 Å². The van der Waals surface area contributed by atoms with E-state index in [-0.39, 0.29) is 0 Å². The molecule has 0 atom stereocenters. The molecule has 4 heteroatoms. The van der Waals surface area contributed by atoms with E-state index >= 15 is 0 Å². The fourth-order valence-corrected chi connectivity index (χ4v) is 2.31. The predicted molar refractivity (Wildman–Crippen MR) is 86.4 cm³/mol. The molecular formula is C18H19NO3. The summed E-state index contributed by atoms with van der Waals surface area (Å²) < 4.78 is 16.7. The zero-order chi connectivity index (χ0) is 15.2. The third kappa shape index (κ3) is 3.40. The lowest BCUT2D eigenvalue weighted by molar-refractivity contribution is 0.290. The Kier molecular flexibility index (Phi) is 4.61. The average molecular weight is 297 g/mol. The highest BCUT2D eigenvalue weighted by atomic mass is 16.5. The van der Waals surface area contributed by atoms with E-state index in [1.54, 1.807) is 7.11 Å². The van der Waals surface area contributed by atoms with Gasteiger partial charge in [0.25, 0.3) is 0 Å². The van der Waals surface area contributed by atoms with Gasteiger partial charge < -0.3 is 19.2 Å². The Morgan fingerprint density at radius 3 is 2.59 bits per heavy atom. The second-order valence-corrected chi connectivity index (χ2v) is 4.93. The molecule has 0 aliphatic carbocycles. The minimum Gasteiger partial charge on any atom is -0.493 e. The first-order chi connectivity index (χ1) is 10.9. The number of methoxy groups -OCH3 is 1. The van der Waals surface area contributed by atoms with Gasteiger partial charge in [0.1, 0.15) is 18.0 Å². The molecule has 0 amide bonds. The van der Waals surface area contributed by atoms with Crippen LogP contribution in [0.25, 0.3) is 11.0 Å². The summed E-state index contributed by atoms with van der Waals surface area (Å²) in [5, 5.41) is 4.44. The first-order valence-corrected chi connectivity index (χ1v) is 7.31. The average Bonchev–Trinajstić information content (AvgIpc) is 2.97. The maximum Gasteiger partial charge on any atom is 0.161 e. The van der Waals surface area contributed by atoms with Gasteiger partial charge in [-0.15, -0.1) is 0 Å². The molecule has 3 rings (SSSR count). The van der Waals surface area contributed by atoms with Gasteiger partial charge in [-0.05, 0) is 24.3 Å². The number of hydrogen-bond donors (Lipinski definition) is 1. The molecule has 1 N–H and O–H groups in total. The molecule has 0 spiro atoms. The lowest BCUT2D eigenvalue weighted by Gasteiger charge is -2.10. The summed E-state index contributed by atoms with van der Waals surface area (Å²) in [6.07, 6.45) is 0. The van der Waals surface area contributed by atoms with Crippen LogP contribution in [-0.4, -0.2) is 20.3 Å². The number of fused-ring (bicyclic) bond motifs is 1.